The lowest BCUT2D eigenvalue weighted by atomic mass is 9.92. The number of piperidine rings is 1. The van der Waals surface area contributed by atoms with E-state index in [1.807, 2.05) is 0 Å². The van der Waals surface area contributed by atoms with Gasteiger partial charge in [0.15, 0.2) is 0 Å². The summed E-state index contributed by atoms with van der Waals surface area (Å²) in [7, 11) is 0. The fourth-order valence-corrected chi connectivity index (χ4v) is 3.05. The second-order valence-electron chi connectivity index (χ2n) is 5.55. The molecule has 1 aromatic carbocycles. The van der Waals surface area contributed by atoms with E-state index in [4.69, 9.17) is 5.73 Å². The summed E-state index contributed by atoms with van der Waals surface area (Å²) < 4.78 is 0. The van der Waals surface area contributed by atoms with Crippen molar-refractivity contribution in [3.05, 3.63) is 35.4 Å². The second-order valence-corrected chi connectivity index (χ2v) is 5.55. The van der Waals surface area contributed by atoms with E-state index >= 15 is 0 Å². The summed E-state index contributed by atoms with van der Waals surface area (Å²) in [6.45, 7) is 7.59. The Hall–Kier alpha value is -0.860. The van der Waals surface area contributed by atoms with E-state index in [9.17, 15) is 0 Å². The number of aryl methyl sites for hydroxylation is 1. The molecule has 1 saturated heterocycles. The highest BCUT2D eigenvalue weighted by molar-refractivity contribution is 5.25. The van der Waals surface area contributed by atoms with Crippen molar-refractivity contribution >= 4 is 0 Å². The molecule has 1 heterocycles. The molecule has 2 rings (SSSR count). The summed E-state index contributed by atoms with van der Waals surface area (Å²) in [6, 6.07) is 9.20. The molecule has 1 aliphatic heterocycles. The summed E-state index contributed by atoms with van der Waals surface area (Å²) in [5.74, 6) is 0.928. The van der Waals surface area contributed by atoms with Crippen LogP contribution in [0.1, 0.15) is 43.4 Å². The van der Waals surface area contributed by atoms with Crippen molar-refractivity contribution in [1.82, 2.24) is 4.90 Å². The standard InChI is InChI=1S/C16H26N2/c1-3-14-7-9-18(10-8-14)16(12-17)15-6-4-5-13(2)11-15/h4-6,11,14,16H,3,7-10,12,17H2,1-2H3. The van der Waals surface area contributed by atoms with Crippen molar-refractivity contribution in [3.63, 3.8) is 0 Å². The third-order valence-electron chi connectivity index (χ3n) is 4.32. The smallest absolute Gasteiger partial charge is 0.0470 e. The Bertz CT molecular complexity index is 367. The first-order chi connectivity index (χ1) is 8.74. The number of benzene rings is 1. The summed E-state index contributed by atoms with van der Waals surface area (Å²) in [5.41, 5.74) is 8.72. The van der Waals surface area contributed by atoms with E-state index in [0.29, 0.717) is 6.04 Å². The fourth-order valence-electron chi connectivity index (χ4n) is 3.05. The third kappa shape index (κ3) is 3.12. The molecule has 0 radical (unpaired) electrons. The lowest BCUT2D eigenvalue weighted by Gasteiger charge is -2.37. The fraction of sp³-hybridized carbons (Fsp3) is 0.625. The quantitative estimate of drug-likeness (QED) is 0.884. The van der Waals surface area contributed by atoms with Gasteiger partial charge in [0.25, 0.3) is 0 Å². The van der Waals surface area contributed by atoms with Crippen molar-refractivity contribution < 1.29 is 0 Å². The molecule has 1 atom stereocenters. The van der Waals surface area contributed by atoms with Crippen LogP contribution in [0, 0.1) is 12.8 Å². The average Bonchev–Trinajstić information content (AvgIpc) is 2.40. The topological polar surface area (TPSA) is 29.3 Å². The van der Waals surface area contributed by atoms with Gasteiger partial charge >= 0.3 is 0 Å². The third-order valence-corrected chi connectivity index (χ3v) is 4.32. The first kappa shape index (κ1) is 13.6. The van der Waals surface area contributed by atoms with Crippen LogP contribution in [0.5, 0.6) is 0 Å². The monoisotopic (exact) mass is 246 g/mol. The molecule has 1 fully saturated rings. The van der Waals surface area contributed by atoms with E-state index in [-0.39, 0.29) is 0 Å². The zero-order valence-corrected chi connectivity index (χ0v) is 11.7. The van der Waals surface area contributed by atoms with Gasteiger partial charge < -0.3 is 5.73 Å². The maximum absolute atomic E-state index is 6.01. The minimum Gasteiger partial charge on any atom is -0.329 e. The Morgan fingerprint density at radius 2 is 2.06 bits per heavy atom. The molecular weight excluding hydrogens is 220 g/mol. The normalized spacial score (nSPS) is 19.9. The number of likely N-dealkylation sites (tertiary alicyclic amines) is 1. The van der Waals surface area contributed by atoms with Gasteiger partial charge in [0.2, 0.25) is 0 Å². The summed E-state index contributed by atoms with van der Waals surface area (Å²) in [4.78, 5) is 2.57. The van der Waals surface area contributed by atoms with Crippen molar-refractivity contribution in [2.75, 3.05) is 19.6 Å². The van der Waals surface area contributed by atoms with Gasteiger partial charge in [-0.1, -0.05) is 43.2 Å². The zero-order chi connectivity index (χ0) is 13.0. The van der Waals surface area contributed by atoms with Gasteiger partial charge in [0.05, 0.1) is 0 Å². The Morgan fingerprint density at radius 1 is 1.33 bits per heavy atom. The Labute approximate surface area is 111 Å². The number of hydrogen-bond donors (Lipinski definition) is 1. The van der Waals surface area contributed by atoms with Crippen LogP contribution in [0.2, 0.25) is 0 Å². The summed E-state index contributed by atoms with van der Waals surface area (Å²) in [6.07, 6.45) is 3.99. The van der Waals surface area contributed by atoms with E-state index in [1.54, 1.807) is 0 Å². The molecule has 0 spiro atoms. The molecule has 2 nitrogen and oxygen atoms in total. The Kier molecular flexibility index (Phi) is 4.79. The van der Waals surface area contributed by atoms with Crippen LogP contribution in [0.25, 0.3) is 0 Å². The van der Waals surface area contributed by atoms with Crippen molar-refractivity contribution in [2.24, 2.45) is 11.7 Å². The van der Waals surface area contributed by atoms with Gasteiger partial charge in [-0.2, -0.15) is 0 Å². The van der Waals surface area contributed by atoms with Gasteiger partial charge in [-0.25, -0.2) is 0 Å². The molecule has 100 valence electrons. The van der Waals surface area contributed by atoms with Crippen LogP contribution in [0.15, 0.2) is 24.3 Å². The van der Waals surface area contributed by atoms with E-state index < -0.39 is 0 Å². The van der Waals surface area contributed by atoms with E-state index in [1.165, 1.54) is 43.5 Å². The highest BCUT2D eigenvalue weighted by Gasteiger charge is 2.24. The molecule has 2 N–H and O–H groups in total. The van der Waals surface area contributed by atoms with Crippen molar-refractivity contribution in [1.29, 1.82) is 0 Å². The van der Waals surface area contributed by atoms with Crippen LogP contribution < -0.4 is 5.73 Å². The maximum Gasteiger partial charge on any atom is 0.0470 e. The average molecular weight is 246 g/mol. The van der Waals surface area contributed by atoms with E-state index in [2.05, 4.69) is 43.0 Å². The lowest BCUT2D eigenvalue weighted by molar-refractivity contribution is 0.134. The molecular formula is C16H26N2. The lowest BCUT2D eigenvalue weighted by Crippen LogP contribution is -2.39. The van der Waals surface area contributed by atoms with Gasteiger partial charge in [-0.3, -0.25) is 4.90 Å². The number of hydrogen-bond acceptors (Lipinski definition) is 2. The molecule has 2 heteroatoms. The molecule has 18 heavy (non-hydrogen) atoms. The van der Waals surface area contributed by atoms with Crippen LogP contribution in [-0.4, -0.2) is 24.5 Å². The zero-order valence-electron chi connectivity index (χ0n) is 11.7. The minimum atomic E-state index is 0.405. The molecule has 0 bridgehead atoms. The van der Waals surface area contributed by atoms with Gasteiger partial charge in [0.1, 0.15) is 0 Å². The number of nitrogens with two attached hydrogens (primary N) is 1. The highest BCUT2D eigenvalue weighted by Crippen LogP contribution is 2.27. The van der Waals surface area contributed by atoms with Gasteiger partial charge in [-0.15, -0.1) is 0 Å². The number of nitrogens with zero attached hydrogens (tertiary/aromatic N) is 1. The minimum absolute atomic E-state index is 0.405. The Balaban J connectivity index is 2.05. The Morgan fingerprint density at radius 3 is 2.61 bits per heavy atom. The van der Waals surface area contributed by atoms with Crippen molar-refractivity contribution in [2.45, 2.75) is 39.2 Å². The second kappa shape index (κ2) is 6.35. The van der Waals surface area contributed by atoms with Crippen LogP contribution in [0.3, 0.4) is 0 Å². The van der Waals surface area contributed by atoms with Crippen molar-refractivity contribution in [3.8, 4) is 0 Å². The molecule has 0 saturated carbocycles. The molecule has 0 amide bonds. The molecule has 1 aliphatic rings. The summed E-state index contributed by atoms with van der Waals surface area (Å²) in [5, 5.41) is 0. The maximum atomic E-state index is 6.01. The highest BCUT2D eigenvalue weighted by atomic mass is 15.2. The predicted octanol–water partition coefficient (Wildman–Crippen LogP) is 3.12. The first-order valence-electron chi connectivity index (χ1n) is 7.25. The molecule has 0 aliphatic carbocycles. The molecule has 1 aromatic rings. The molecule has 0 aromatic heterocycles. The summed E-state index contributed by atoms with van der Waals surface area (Å²) >= 11 is 0. The van der Waals surface area contributed by atoms with Crippen LogP contribution in [0.4, 0.5) is 0 Å². The number of rotatable bonds is 4. The first-order valence-corrected chi connectivity index (χ1v) is 7.25. The van der Waals surface area contributed by atoms with Gasteiger partial charge in [0, 0.05) is 12.6 Å². The molecule has 1 unspecified atom stereocenters. The predicted molar refractivity (Wildman–Crippen MR) is 77.6 cm³/mol. The largest absolute Gasteiger partial charge is 0.329 e. The van der Waals surface area contributed by atoms with Crippen LogP contribution >= 0.6 is 0 Å². The SMILES string of the molecule is CCC1CCN(C(CN)c2cccc(C)c2)CC1. The van der Waals surface area contributed by atoms with E-state index in [0.717, 1.165) is 12.5 Å². The van der Waals surface area contributed by atoms with Crippen LogP contribution in [-0.2, 0) is 0 Å². The van der Waals surface area contributed by atoms with Gasteiger partial charge in [-0.05, 0) is 44.3 Å².